The van der Waals surface area contributed by atoms with E-state index in [1.807, 2.05) is 26.0 Å². The molecule has 0 aliphatic heterocycles. The first-order valence-corrected chi connectivity index (χ1v) is 8.10. The van der Waals surface area contributed by atoms with E-state index in [0.717, 1.165) is 15.4 Å². The van der Waals surface area contributed by atoms with Gasteiger partial charge in [0.15, 0.2) is 0 Å². The largest absolute Gasteiger partial charge is 0.481 e. The molecule has 0 radical (unpaired) electrons. The van der Waals surface area contributed by atoms with Crippen LogP contribution in [0, 0.1) is 5.41 Å². The number of hydrogen-bond donors (Lipinski definition) is 2. The lowest BCUT2D eigenvalue weighted by molar-refractivity contribution is -0.139. The van der Waals surface area contributed by atoms with Gasteiger partial charge in [0.25, 0.3) is 0 Å². The van der Waals surface area contributed by atoms with E-state index in [1.54, 1.807) is 11.3 Å². The van der Waals surface area contributed by atoms with Crippen molar-refractivity contribution in [3.8, 4) is 0 Å². The van der Waals surface area contributed by atoms with Gasteiger partial charge in [0.1, 0.15) is 0 Å². The number of rotatable bonds is 5. The van der Waals surface area contributed by atoms with E-state index in [4.69, 9.17) is 10.8 Å². The van der Waals surface area contributed by atoms with E-state index < -0.39 is 5.97 Å². The minimum absolute atomic E-state index is 0.131. The van der Waals surface area contributed by atoms with Gasteiger partial charge >= 0.3 is 5.97 Å². The maximum Gasteiger partial charge on any atom is 0.303 e. The number of halogens is 1. The van der Waals surface area contributed by atoms with Gasteiger partial charge in [-0.15, -0.1) is 11.3 Å². The summed E-state index contributed by atoms with van der Waals surface area (Å²) in [4.78, 5) is 10.9. The van der Waals surface area contributed by atoms with Crippen LogP contribution in [0.1, 0.15) is 38.3 Å². The van der Waals surface area contributed by atoms with E-state index in [1.165, 1.54) is 4.70 Å². The van der Waals surface area contributed by atoms with E-state index in [9.17, 15) is 4.79 Å². The Labute approximate surface area is 130 Å². The van der Waals surface area contributed by atoms with Crippen molar-refractivity contribution in [3.05, 3.63) is 33.6 Å². The van der Waals surface area contributed by atoms with Crippen molar-refractivity contribution in [2.75, 3.05) is 0 Å². The second-order valence-electron chi connectivity index (χ2n) is 5.85. The normalized spacial score (nSPS) is 13.6. The van der Waals surface area contributed by atoms with Gasteiger partial charge in [0, 0.05) is 15.2 Å². The van der Waals surface area contributed by atoms with Crippen LogP contribution in [0.25, 0.3) is 10.1 Å². The van der Waals surface area contributed by atoms with Crippen LogP contribution in [0.5, 0.6) is 0 Å². The second kappa shape index (κ2) is 5.84. The number of carbonyl (C=O) groups is 1. The van der Waals surface area contributed by atoms with Crippen LogP contribution in [0.15, 0.2) is 28.1 Å². The van der Waals surface area contributed by atoms with E-state index in [2.05, 4.69) is 27.4 Å². The van der Waals surface area contributed by atoms with Crippen LogP contribution in [0.3, 0.4) is 0 Å². The average Bonchev–Trinajstić information content (AvgIpc) is 2.71. The van der Waals surface area contributed by atoms with E-state index >= 15 is 0 Å². The number of carboxylic acids is 1. The summed E-state index contributed by atoms with van der Waals surface area (Å²) in [7, 11) is 0. The molecule has 2 rings (SSSR count). The Bertz CT molecular complexity index is 636. The highest BCUT2D eigenvalue weighted by Crippen LogP contribution is 2.38. The number of fused-ring (bicyclic) bond motifs is 1. The van der Waals surface area contributed by atoms with E-state index in [0.29, 0.717) is 6.42 Å². The van der Waals surface area contributed by atoms with Crippen molar-refractivity contribution in [3.63, 3.8) is 0 Å². The summed E-state index contributed by atoms with van der Waals surface area (Å²) in [6.07, 6.45) is 0.782. The Balaban J connectivity index is 2.26. The van der Waals surface area contributed by atoms with Crippen LogP contribution < -0.4 is 5.73 Å². The third-order valence-electron chi connectivity index (χ3n) is 3.38. The van der Waals surface area contributed by atoms with Crippen LogP contribution in [-0.2, 0) is 4.79 Å². The first-order chi connectivity index (χ1) is 9.30. The monoisotopic (exact) mass is 355 g/mol. The number of carboxylic acid groups (broad SMARTS) is 1. The molecule has 108 valence electrons. The average molecular weight is 356 g/mol. The SMILES string of the molecule is CC(C)(CC(=O)O)CC(N)c1csc2c(Br)cccc12. The number of benzene rings is 1. The molecular weight excluding hydrogens is 338 g/mol. The molecule has 1 aromatic heterocycles. The second-order valence-corrected chi connectivity index (χ2v) is 7.59. The molecule has 1 atom stereocenters. The summed E-state index contributed by atoms with van der Waals surface area (Å²) in [5, 5.41) is 12.2. The Morgan fingerprint density at radius 3 is 2.85 bits per heavy atom. The Hall–Kier alpha value is -0.910. The zero-order valence-electron chi connectivity index (χ0n) is 11.5. The smallest absolute Gasteiger partial charge is 0.303 e. The van der Waals surface area contributed by atoms with Crippen molar-refractivity contribution in [1.29, 1.82) is 0 Å². The summed E-state index contributed by atoms with van der Waals surface area (Å²) in [6.45, 7) is 3.90. The van der Waals surface area contributed by atoms with Crippen molar-refractivity contribution < 1.29 is 9.90 Å². The summed E-state index contributed by atoms with van der Waals surface area (Å²) in [6, 6.07) is 5.93. The fraction of sp³-hybridized carbons (Fsp3) is 0.400. The van der Waals surface area contributed by atoms with Gasteiger partial charge < -0.3 is 10.8 Å². The highest BCUT2D eigenvalue weighted by atomic mass is 79.9. The molecule has 2 aromatic rings. The molecule has 0 saturated heterocycles. The molecule has 0 saturated carbocycles. The van der Waals surface area contributed by atoms with Gasteiger partial charge in [-0.1, -0.05) is 26.0 Å². The molecule has 3 N–H and O–H groups in total. The van der Waals surface area contributed by atoms with Gasteiger partial charge in [-0.3, -0.25) is 4.79 Å². The van der Waals surface area contributed by atoms with Crippen molar-refractivity contribution >= 4 is 43.3 Å². The zero-order chi connectivity index (χ0) is 14.9. The lowest BCUT2D eigenvalue weighted by atomic mass is 9.81. The van der Waals surface area contributed by atoms with Gasteiger partial charge in [-0.05, 0) is 50.2 Å². The molecule has 0 aliphatic rings. The predicted molar refractivity (Wildman–Crippen MR) is 87.1 cm³/mol. The molecule has 0 aliphatic carbocycles. The molecule has 5 heteroatoms. The summed E-state index contributed by atoms with van der Waals surface area (Å²) in [5.41, 5.74) is 7.10. The van der Waals surface area contributed by atoms with Crippen molar-refractivity contribution in [2.45, 2.75) is 32.7 Å². The van der Waals surface area contributed by atoms with Crippen LogP contribution in [0.4, 0.5) is 0 Å². The predicted octanol–water partition coefficient (Wildman–Crippen LogP) is 4.55. The van der Waals surface area contributed by atoms with Crippen LogP contribution in [-0.4, -0.2) is 11.1 Å². The minimum atomic E-state index is -0.778. The molecule has 0 fully saturated rings. The lowest BCUT2D eigenvalue weighted by Crippen LogP contribution is -2.23. The topological polar surface area (TPSA) is 63.3 Å². The highest BCUT2D eigenvalue weighted by Gasteiger charge is 2.26. The maximum atomic E-state index is 10.9. The molecule has 20 heavy (non-hydrogen) atoms. The molecule has 3 nitrogen and oxygen atoms in total. The maximum absolute atomic E-state index is 10.9. The molecule has 0 amide bonds. The van der Waals surface area contributed by atoms with Gasteiger partial charge in [0.2, 0.25) is 0 Å². The Kier molecular flexibility index (Phi) is 4.52. The van der Waals surface area contributed by atoms with Crippen molar-refractivity contribution in [1.82, 2.24) is 0 Å². The van der Waals surface area contributed by atoms with Crippen LogP contribution >= 0.6 is 27.3 Å². The van der Waals surface area contributed by atoms with Gasteiger partial charge in [0.05, 0.1) is 6.42 Å². The highest BCUT2D eigenvalue weighted by molar-refractivity contribution is 9.10. The standard InChI is InChI=1S/C15H18BrNO2S/c1-15(2,7-13(18)19)6-12(17)10-8-20-14-9(10)4-3-5-11(14)16/h3-5,8,12H,6-7,17H2,1-2H3,(H,18,19). The molecule has 0 spiro atoms. The summed E-state index contributed by atoms with van der Waals surface area (Å²) >= 11 is 5.21. The Morgan fingerprint density at radius 1 is 1.50 bits per heavy atom. The molecule has 1 unspecified atom stereocenters. The first kappa shape index (κ1) is 15.5. The fourth-order valence-corrected chi connectivity index (χ4v) is 4.20. The summed E-state index contributed by atoms with van der Waals surface area (Å²) < 4.78 is 2.26. The van der Waals surface area contributed by atoms with Gasteiger partial charge in [-0.25, -0.2) is 0 Å². The third-order valence-corrected chi connectivity index (χ3v) is 5.35. The number of nitrogens with two attached hydrogens (primary N) is 1. The molecule has 0 bridgehead atoms. The van der Waals surface area contributed by atoms with Gasteiger partial charge in [-0.2, -0.15) is 0 Å². The summed E-state index contributed by atoms with van der Waals surface area (Å²) in [5.74, 6) is -0.778. The zero-order valence-corrected chi connectivity index (χ0v) is 13.9. The Morgan fingerprint density at radius 2 is 2.20 bits per heavy atom. The minimum Gasteiger partial charge on any atom is -0.481 e. The number of thiophene rings is 1. The molecule has 1 heterocycles. The van der Waals surface area contributed by atoms with Crippen molar-refractivity contribution in [2.24, 2.45) is 11.1 Å². The number of aliphatic carboxylic acids is 1. The number of hydrogen-bond acceptors (Lipinski definition) is 3. The van der Waals surface area contributed by atoms with Crippen LogP contribution in [0.2, 0.25) is 0 Å². The van der Waals surface area contributed by atoms with E-state index in [-0.39, 0.29) is 17.9 Å². The molecule has 1 aromatic carbocycles. The third kappa shape index (κ3) is 3.40. The lowest BCUT2D eigenvalue weighted by Gasteiger charge is -2.26. The fourth-order valence-electron chi connectivity index (χ4n) is 2.52. The first-order valence-electron chi connectivity index (χ1n) is 6.43. The molecular formula is C15H18BrNO2S. The quantitative estimate of drug-likeness (QED) is 0.826.